The average Bonchev–Trinajstić information content (AvgIpc) is 2.83. The lowest BCUT2D eigenvalue weighted by molar-refractivity contribution is -0.144. The molecule has 3 N–H and O–H groups in total. The molecule has 2 fully saturated rings. The van der Waals surface area contributed by atoms with E-state index in [2.05, 4.69) is 24.5 Å². The van der Waals surface area contributed by atoms with Crippen molar-refractivity contribution in [1.29, 1.82) is 0 Å². The van der Waals surface area contributed by atoms with E-state index in [0.29, 0.717) is 19.6 Å². The Bertz CT molecular complexity index is 829. The number of benzene rings is 1. The standard InChI is InChI=1S/C27H42N2O5/c1-17(26(32)28-16-19-6-8-20(34-5)9-7-19)21-10-13-27(3)14-11-22(18(2)24(27)25(21)31)29-23(30)12-15-33-4/h6-9,17-18,21-22,24-25,31H,10-16H2,1-5H3,(H,28,32)(H,29,30)/t17-,18+,21?,22-,24+,25-,27-/m0/s1. The average molecular weight is 475 g/mol. The highest BCUT2D eigenvalue weighted by Crippen LogP contribution is 2.55. The number of carbonyl (C=O) groups excluding carboxylic acids is 2. The summed E-state index contributed by atoms with van der Waals surface area (Å²) in [5.74, 6) is 0.543. The highest BCUT2D eigenvalue weighted by Gasteiger charge is 2.53. The number of fused-ring (bicyclic) bond motifs is 1. The van der Waals surface area contributed by atoms with E-state index in [1.807, 2.05) is 31.2 Å². The van der Waals surface area contributed by atoms with Gasteiger partial charge in [-0.1, -0.05) is 32.9 Å². The summed E-state index contributed by atoms with van der Waals surface area (Å²) in [7, 11) is 3.22. The SMILES string of the molecule is COCCC(=O)N[C@H]1CC[C@]2(C)CCC([C@H](C)C(=O)NCc3ccc(OC)cc3)[C@H](O)[C@H]2[C@@H]1C. The van der Waals surface area contributed by atoms with Crippen LogP contribution >= 0.6 is 0 Å². The highest BCUT2D eigenvalue weighted by atomic mass is 16.5. The van der Waals surface area contributed by atoms with Gasteiger partial charge in [-0.2, -0.15) is 0 Å². The Labute approximate surface area is 204 Å². The number of aliphatic hydroxyl groups excluding tert-OH is 1. The van der Waals surface area contributed by atoms with E-state index in [9.17, 15) is 14.7 Å². The van der Waals surface area contributed by atoms with Gasteiger partial charge >= 0.3 is 0 Å². The minimum Gasteiger partial charge on any atom is -0.497 e. The molecule has 2 aliphatic rings. The zero-order valence-corrected chi connectivity index (χ0v) is 21.3. The molecule has 7 nitrogen and oxygen atoms in total. The fraction of sp³-hybridized carbons (Fsp3) is 0.704. The van der Waals surface area contributed by atoms with E-state index >= 15 is 0 Å². The second-order valence-corrected chi connectivity index (χ2v) is 10.5. The molecule has 3 rings (SSSR count). The molecule has 0 heterocycles. The molecule has 1 unspecified atom stereocenters. The first kappa shape index (κ1) is 26.5. The van der Waals surface area contributed by atoms with Crippen molar-refractivity contribution in [3.8, 4) is 5.75 Å². The predicted octanol–water partition coefficient (Wildman–Crippen LogP) is 3.29. The van der Waals surface area contributed by atoms with Gasteiger partial charge in [-0.3, -0.25) is 9.59 Å². The largest absolute Gasteiger partial charge is 0.497 e. The molecule has 1 aromatic carbocycles. The summed E-state index contributed by atoms with van der Waals surface area (Å²) in [4.78, 5) is 25.3. The minimum atomic E-state index is -0.575. The van der Waals surface area contributed by atoms with Crippen molar-refractivity contribution >= 4 is 11.8 Å². The summed E-state index contributed by atoms with van der Waals surface area (Å²) in [6.45, 7) is 7.19. The smallest absolute Gasteiger partial charge is 0.223 e. The third-order valence-electron chi connectivity index (χ3n) is 8.45. The lowest BCUT2D eigenvalue weighted by atomic mass is 9.51. The van der Waals surface area contributed by atoms with Crippen LogP contribution in [-0.4, -0.2) is 49.9 Å². The van der Waals surface area contributed by atoms with Gasteiger partial charge in [0.05, 0.1) is 19.8 Å². The summed E-state index contributed by atoms with van der Waals surface area (Å²) in [5, 5.41) is 17.7. The summed E-state index contributed by atoms with van der Waals surface area (Å²) in [5.41, 5.74) is 1.04. The molecule has 0 saturated heterocycles. The van der Waals surface area contributed by atoms with Gasteiger partial charge in [0.25, 0.3) is 0 Å². The van der Waals surface area contributed by atoms with Crippen LogP contribution in [0, 0.1) is 29.1 Å². The Morgan fingerprint density at radius 3 is 2.50 bits per heavy atom. The molecule has 1 aromatic rings. The Balaban J connectivity index is 1.62. The van der Waals surface area contributed by atoms with Crippen LogP contribution in [0.25, 0.3) is 0 Å². The molecule has 2 amide bonds. The van der Waals surface area contributed by atoms with E-state index < -0.39 is 6.10 Å². The Morgan fingerprint density at radius 2 is 1.85 bits per heavy atom. The van der Waals surface area contributed by atoms with E-state index in [1.54, 1.807) is 14.2 Å². The number of amides is 2. The van der Waals surface area contributed by atoms with Crippen LogP contribution in [0.4, 0.5) is 0 Å². The van der Waals surface area contributed by atoms with Crippen molar-refractivity contribution < 1.29 is 24.2 Å². The van der Waals surface area contributed by atoms with Crippen molar-refractivity contribution in [2.24, 2.45) is 29.1 Å². The van der Waals surface area contributed by atoms with E-state index in [-0.39, 0.29) is 46.9 Å². The van der Waals surface area contributed by atoms with Crippen LogP contribution in [0.3, 0.4) is 0 Å². The number of methoxy groups -OCH3 is 2. The Hall–Kier alpha value is -2.12. The first-order chi connectivity index (χ1) is 16.2. The van der Waals surface area contributed by atoms with Crippen LogP contribution in [0.2, 0.25) is 0 Å². The molecule has 2 aliphatic carbocycles. The van der Waals surface area contributed by atoms with Crippen LogP contribution in [-0.2, 0) is 20.9 Å². The molecular formula is C27H42N2O5. The molecule has 190 valence electrons. The topological polar surface area (TPSA) is 96.9 Å². The molecule has 0 aromatic heterocycles. The first-order valence-electron chi connectivity index (χ1n) is 12.6. The van der Waals surface area contributed by atoms with Gasteiger partial charge in [0, 0.05) is 32.0 Å². The maximum atomic E-state index is 13.0. The van der Waals surface area contributed by atoms with Crippen LogP contribution in [0.15, 0.2) is 24.3 Å². The van der Waals surface area contributed by atoms with Gasteiger partial charge in [0.1, 0.15) is 5.75 Å². The predicted molar refractivity (Wildman–Crippen MR) is 131 cm³/mol. The third kappa shape index (κ3) is 5.92. The Kier molecular flexibility index (Phi) is 8.99. The van der Waals surface area contributed by atoms with Gasteiger partial charge in [-0.15, -0.1) is 0 Å². The van der Waals surface area contributed by atoms with E-state index in [1.165, 1.54) is 0 Å². The molecule has 0 radical (unpaired) electrons. The maximum Gasteiger partial charge on any atom is 0.223 e. The highest BCUT2D eigenvalue weighted by molar-refractivity contribution is 5.78. The third-order valence-corrected chi connectivity index (χ3v) is 8.45. The number of rotatable bonds is 9. The number of hydrogen-bond donors (Lipinski definition) is 3. The molecule has 7 atom stereocenters. The lowest BCUT2D eigenvalue weighted by Crippen LogP contribution is -2.58. The second-order valence-electron chi connectivity index (χ2n) is 10.5. The summed E-state index contributed by atoms with van der Waals surface area (Å²) < 4.78 is 10.2. The lowest BCUT2D eigenvalue weighted by Gasteiger charge is -2.56. The normalized spacial score (nSPS) is 31.8. The fourth-order valence-corrected chi connectivity index (χ4v) is 6.26. The molecule has 2 saturated carbocycles. The zero-order valence-electron chi connectivity index (χ0n) is 21.3. The van der Waals surface area contributed by atoms with E-state index in [4.69, 9.17) is 9.47 Å². The molecular weight excluding hydrogens is 432 g/mol. The summed E-state index contributed by atoms with van der Waals surface area (Å²) in [6.07, 6.45) is 3.49. The van der Waals surface area contributed by atoms with Crippen molar-refractivity contribution in [3.63, 3.8) is 0 Å². The number of hydrogen-bond acceptors (Lipinski definition) is 5. The zero-order chi connectivity index (χ0) is 24.9. The molecule has 34 heavy (non-hydrogen) atoms. The number of nitrogens with one attached hydrogen (secondary N) is 2. The van der Waals surface area contributed by atoms with Crippen molar-refractivity contribution in [2.45, 2.75) is 71.6 Å². The first-order valence-corrected chi connectivity index (χ1v) is 12.6. The van der Waals surface area contributed by atoms with Gasteiger partial charge in [0.15, 0.2) is 0 Å². The van der Waals surface area contributed by atoms with Crippen molar-refractivity contribution in [3.05, 3.63) is 29.8 Å². The second kappa shape index (κ2) is 11.5. The fourth-order valence-electron chi connectivity index (χ4n) is 6.26. The monoisotopic (exact) mass is 474 g/mol. The van der Waals surface area contributed by atoms with Crippen LogP contribution in [0.1, 0.15) is 58.4 Å². The molecule has 7 heteroatoms. The molecule has 0 bridgehead atoms. The molecule has 0 aliphatic heterocycles. The van der Waals surface area contributed by atoms with Crippen molar-refractivity contribution in [2.75, 3.05) is 20.8 Å². The molecule has 0 spiro atoms. The quantitative estimate of drug-likeness (QED) is 0.510. The van der Waals surface area contributed by atoms with Gasteiger partial charge in [-0.05, 0) is 66.5 Å². The van der Waals surface area contributed by atoms with Crippen LogP contribution < -0.4 is 15.4 Å². The van der Waals surface area contributed by atoms with Gasteiger partial charge < -0.3 is 25.2 Å². The van der Waals surface area contributed by atoms with Gasteiger partial charge in [0.2, 0.25) is 11.8 Å². The Morgan fingerprint density at radius 1 is 1.18 bits per heavy atom. The van der Waals surface area contributed by atoms with Crippen molar-refractivity contribution in [1.82, 2.24) is 10.6 Å². The number of carbonyl (C=O) groups is 2. The van der Waals surface area contributed by atoms with Crippen LogP contribution in [0.5, 0.6) is 5.75 Å². The summed E-state index contributed by atoms with van der Waals surface area (Å²) >= 11 is 0. The summed E-state index contributed by atoms with van der Waals surface area (Å²) in [6, 6.07) is 7.68. The van der Waals surface area contributed by atoms with E-state index in [0.717, 1.165) is 37.0 Å². The number of aliphatic hydroxyl groups is 1. The minimum absolute atomic E-state index is 0.00423. The number of ether oxygens (including phenoxy) is 2. The maximum absolute atomic E-state index is 13.0. The van der Waals surface area contributed by atoms with Gasteiger partial charge in [-0.25, -0.2) is 0 Å².